The third-order valence-electron chi connectivity index (χ3n) is 4.05. The van der Waals surface area contributed by atoms with Crippen LogP contribution in [0, 0.1) is 0 Å². The number of thioether (sulfide) groups is 2. The summed E-state index contributed by atoms with van der Waals surface area (Å²) in [7, 11) is 0. The van der Waals surface area contributed by atoms with Crippen molar-refractivity contribution in [2.75, 3.05) is 54.5 Å². The molecule has 1 N–H and O–H groups in total. The number of urea groups is 1. The summed E-state index contributed by atoms with van der Waals surface area (Å²) >= 11 is 3.94. The Balaban J connectivity index is 1.63. The quantitative estimate of drug-likeness (QED) is 0.920. The molecular formula is C16H23N3OS2. The number of benzene rings is 1. The van der Waals surface area contributed by atoms with Crippen molar-refractivity contribution in [2.45, 2.75) is 6.54 Å². The zero-order valence-electron chi connectivity index (χ0n) is 12.8. The number of carbonyl (C=O) groups excluding carboxylic acids is 1. The lowest BCUT2D eigenvalue weighted by Crippen LogP contribution is -2.41. The summed E-state index contributed by atoms with van der Waals surface area (Å²) in [6, 6.07) is 8.24. The van der Waals surface area contributed by atoms with Gasteiger partial charge in [0.05, 0.1) is 0 Å². The van der Waals surface area contributed by atoms with Crippen molar-refractivity contribution in [3.05, 3.63) is 29.8 Å². The maximum absolute atomic E-state index is 12.4. The molecule has 1 aromatic rings. The second-order valence-electron chi connectivity index (χ2n) is 5.58. The van der Waals surface area contributed by atoms with Crippen LogP contribution in [-0.2, 0) is 6.54 Å². The van der Waals surface area contributed by atoms with E-state index in [0.29, 0.717) is 0 Å². The molecule has 2 saturated heterocycles. The molecule has 3 rings (SSSR count). The molecule has 0 aliphatic carbocycles. The van der Waals surface area contributed by atoms with Crippen LogP contribution in [-0.4, -0.2) is 65.0 Å². The Bertz CT molecular complexity index is 500. The van der Waals surface area contributed by atoms with Gasteiger partial charge < -0.3 is 10.2 Å². The molecule has 4 nitrogen and oxygen atoms in total. The van der Waals surface area contributed by atoms with Crippen molar-refractivity contribution in [1.29, 1.82) is 0 Å². The van der Waals surface area contributed by atoms with E-state index in [4.69, 9.17) is 0 Å². The minimum absolute atomic E-state index is 0.0435. The first-order valence-electron chi connectivity index (χ1n) is 7.84. The smallest absolute Gasteiger partial charge is 0.321 e. The van der Waals surface area contributed by atoms with Gasteiger partial charge in [-0.25, -0.2) is 4.79 Å². The van der Waals surface area contributed by atoms with Crippen molar-refractivity contribution < 1.29 is 4.79 Å². The lowest BCUT2D eigenvalue weighted by molar-refractivity contribution is 0.217. The maximum atomic E-state index is 12.4. The standard InChI is InChI=1S/C16H23N3OS2/c20-16(19-7-11-22-12-8-19)17-15-4-2-1-3-14(15)13-18-5-9-21-10-6-18/h1-4H,5-13H2,(H,17,20). The maximum Gasteiger partial charge on any atom is 0.321 e. The molecule has 22 heavy (non-hydrogen) atoms. The van der Waals surface area contributed by atoms with E-state index in [1.165, 1.54) is 17.1 Å². The minimum Gasteiger partial charge on any atom is -0.323 e. The molecule has 0 aromatic heterocycles. The molecule has 0 unspecified atom stereocenters. The van der Waals surface area contributed by atoms with Crippen molar-refractivity contribution in [3.8, 4) is 0 Å². The first-order chi connectivity index (χ1) is 10.8. The Kier molecular flexibility index (Phi) is 5.92. The highest BCUT2D eigenvalue weighted by Crippen LogP contribution is 2.20. The minimum atomic E-state index is 0.0435. The molecule has 0 saturated carbocycles. The van der Waals surface area contributed by atoms with Gasteiger partial charge in [0, 0.05) is 61.4 Å². The molecule has 0 atom stereocenters. The SMILES string of the molecule is O=C(Nc1ccccc1CN1CCSCC1)N1CCSCC1. The summed E-state index contributed by atoms with van der Waals surface area (Å²) < 4.78 is 0. The number of amides is 2. The summed E-state index contributed by atoms with van der Waals surface area (Å²) in [5.41, 5.74) is 2.18. The highest BCUT2D eigenvalue weighted by Gasteiger charge is 2.18. The largest absolute Gasteiger partial charge is 0.323 e. The topological polar surface area (TPSA) is 35.6 Å². The van der Waals surface area contributed by atoms with Crippen molar-refractivity contribution >= 4 is 35.2 Å². The van der Waals surface area contributed by atoms with Gasteiger partial charge in [0.1, 0.15) is 0 Å². The lowest BCUT2D eigenvalue weighted by Gasteiger charge is -2.29. The number of carbonyl (C=O) groups is 1. The number of para-hydroxylation sites is 1. The molecule has 0 radical (unpaired) electrons. The second-order valence-corrected chi connectivity index (χ2v) is 8.02. The summed E-state index contributed by atoms with van der Waals surface area (Å²) in [5.74, 6) is 4.50. The highest BCUT2D eigenvalue weighted by molar-refractivity contribution is 7.99. The van der Waals surface area contributed by atoms with Crippen LogP contribution in [0.5, 0.6) is 0 Å². The van der Waals surface area contributed by atoms with Crippen LogP contribution in [0.15, 0.2) is 24.3 Å². The van der Waals surface area contributed by atoms with E-state index in [1.54, 1.807) is 0 Å². The second kappa shape index (κ2) is 8.13. The third kappa shape index (κ3) is 4.33. The summed E-state index contributed by atoms with van der Waals surface area (Å²) in [5, 5.41) is 3.12. The molecule has 2 fully saturated rings. The number of nitrogens with zero attached hydrogens (tertiary/aromatic N) is 2. The van der Waals surface area contributed by atoms with E-state index in [2.05, 4.69) is 22.3 Å². The van der Waals surface area contributed by atoms with E-state index < -0.39 is 0 Å². The zero-order chi connectivity index (χ0) is 15.2. The molecule has 0 bridgehead atoms. The van der Waals surface area contributed by atoms with Gasteiger partial charge in [-0.1, -0.05) is 18.2 Å². The Hall–Kier alpha value is -0.850. The molecule has 2 aliphatic rings. The van der Waals surface area contributed by atoms with Crippen molar-refractivity contribution in [2.24, 2.45) is 0 Å². The van der Waals surface area contributed by atoms with Crippen LogP contribution in [0.2, 0.25) is 0 Å². The monoisotopic (exact) mass is 337 g/mol. The summed E-state index contributed by atoms with van der Waals surface area (Å²) in [6.07, 6.45) is 0. The van der Waals surface area contributed by atoms with Crippen LogP contribution in [0.1, 0.15) is 5.56 Å². The van der Waals surface area contributed by atoms with Gasteiger partial charge in [-0.15, -0.1) is 0 Å². The Morgan fingerprint density at radius 2 is 1.64 bits per heavy atom. The van der Waals surface area contributed by atoms with Crippen LogP contribution >= 0.6 is 23.5 Å². The average Bonchev–Trinajstić information content (AvgIpc) is 2.58. The van der Waals surface area contributed by atoms with Crippen LogP contribution in [0.3, 0.4) is 0 Å². The Labute approximate surface area is 141 Å². The molecule has 2 aliphatic heterocycles. The molecular weight excluding hydrogens is 314 g/mol. The molecule has 120 valence electrons. The average molecular weight is 338 g/mol. The predicted molar refractivity (Wildman–Crippen MR) is 97.0 cm³/mol. The number of hydrogen-bond donors (Lipinski definition) is 1. The fraction of sp³-hybridized carbons (Fsp3) is 0.562. The molecule has 2 heterocycles. The third-order valence-corrected chi connectivity index (χ3v) is 5.94. The normalized spacial score (nSPS) is 19.9. The fourth-order valence-electron chi connectivity index (χ4n) is 2.74. The van der Waals surface area contributed by atoms with Gasteiger partial charge in [-0.2, -0.15) is 23.5 Å². The van der Waals surface area contributed by atoms with E-state index in [9.17, 15) is 4.79 Å². The van der Waals surface area contributed by atoms with Gasteiger partial charge in [0.15, 0.2) is 0 Å². The molecule has 1 aromatic carbocycles. The fourth-order valence-corrected chi connectivity index (χ4v) is 4.62. The van der Waals surface area contributed by atoms with E-state index in [-0.39, 0.29) is 6.03 Å². The highest BCUT2D eigenvalue weighted by atomic mass is 32.2. The van der Waals surface area contributed by atoms with Crippen LogP contribution in [0.25, 0.3) is 0 Å². The number of rotatable bonds is 3. The molecule has 0 spiro atoms. The van der Waals surface area contributed by atoms with E-state index in [0.717, 1.165) is 49.9 Å². The van der Waals surface area contributed by atoms with E-state index >= 15 is 0 Å². The number of anilines is 1. The first-order valence-corrected chi connectivity index (χ1v) is 10.2. The summed E-state index contributed by atoms with van der Waals surface area (Å²) in [4.78, 5) is 16.8. The number of nitrogens with one attached hydrogen (secondary N) is 1. The number of hydrogen-bond acceptors (Lipinski definition) is 4. The van der Waals surface area contributed by atoms with Crippen LogP contribution < -0.4 is 5.32 Å². The Morgan fingerprint density at radius 3 is 2.36 bits per heavy atom. The lowest BCUT2D eigenvalue weighted by atomic mass is 10.1. The Morgan fingerprint density at radius 1 is 1.00 bits per heavy atom. The summed E-state index contributed by atoms with van der Waals surface area (Å²) in [6.45, 7) is 4.89. The zero-order valence-corrected chi connectivity index (χ0v) is 14.4. The predicted octanol–water partition coefficient (Wildman–Crippen LogP) is 2.82. The van der Waals surface area contributed by atoms with Gasteiger partial charge in [0.2, 0.25) is 0 Å². The van der Waals surface area contributed by atoms with Crippen molar-refractivity contribution in [1.82, 2.24) is 9.80 Å². The van der Waals surface area contributed by atoms with Gasteiger partial charge in [0.25, 0.3) is 0 Å². The first kappa shape index (κ1) is 16.0. The van der Waals surface area contributed by atoms with Gasteiger partial charge in [-0.3, -0.25) is 4.90 Å². The molecule has 6 heteroatoms. The van der Waals surface area contributed by atoms with Gasteiger partial charge in [-0.05, 0) is 11.6 Å². The van der Waals surface area contributed by atoms with E-state index in [1.807, 2.05) is 40.6 Å². The van der Waals surface area contributed by atoms with Gasteiger partial charge >= 0.3 is 6.03 Å². The van der Waals surface area contributed by atoms with Crippen LogP contribution in [0.4, 0.5) is 10.5 Å². The van der Waals surface area contributed by atoms with Crippen molar-refractivity contribution in [3.63, 3.8) is 0 Å². The molecule has 2 amide bonds.